The van der Waals surface area contributed by atoms with E-state index in [4.69, 9.17) is 11.6 Å². The van der Waals surface area contributed by atoms with E-state index in [0.717, 1.165) is 37.4 Å². The first-order valence-electron chi connectivity index (χ1n) is 6.08. The van der Waals surface area contributed by atoms with E-state index in [-0.39, 0.29) is 0 Å². The van der Waals surface area contributed by atoms with Gasteiger partial charge in [0.2, 0.25) is 5.28 Å². The van der Waals surface area contributed by atoms with Crippen molar-refractivity contribution in [2.75, 3.05) is 18.0 Å². The van der Waals surface area contributed by atoms with E-state index in [1.165, 1.54) is 19.3 Å². The van der Waals surface area contributed by atoms with Crippen molar-refractivity contribution in [3.63, 3.8) is 0 Å². The molecular formula is C12H18ClN3. The summed E-state index contributed by atoms with van der Waals surface area (Å²) in [6.07, 6.45) is 5.85. The van der Waals surface area contributed by atoms with Crippen LogP contribution >= 0.6 is 11.6 Å². The smallest absolute Gasteiger partial charge is 0.224 e. The zero-order chi connectivity index (χ0) is 11.4. The van der Waals surface area contributed by atoms with Gasteiger partial charge in [-0.25, -0.2) is 9.97 Å². The number of hydrogen-bond acceptors (Lipinski definition) is 3. The minimum atomic E-state index is 0.385. The lowest BCUT2D eigenvalue weighted by molar-refractivity contribution is 0.770. The first-order valence-corrected chi connectivity index (χ1v) is 6.46. The first-order chi connectivity index (χ1) is 7.79. The topological polar surface area (TPSA) is 29.0 Å². The third kappa shape index (κ3) is 2.85. The molecular weight excluding hydrogens is 222 g/mol. The van der Waals surface area contributed by atoms with Crippen LogP contribution in [0.1, 0.15) is 38.3 Å². The monoisotopic (exact) mass is 239 g/mol. The van der Waals surface area contributed by atoms with Gasteiger partial charge in [0.15, 0.2) is 0 Å². The molecule has 16 heavy (non-hydrogen) atoms. The molecule has 0 N–H and O–H groups in total. The number of anilines is 1. The molecule has 1 aliphatic rings. The SMILES string of the molecule is CCCCc1cc(N2CCCC2)nc(Cl)n1. The highest BCUT2D eigenvalue weighted by Crippen LogP contribution is 2.20. The van der Waals surface area contributed by atoms with Crippen LogP contribution in [0, 0.1) is 0 Å². The zero-order valence-electron chi connectivity index (χ0n) is 9.75. The molecule has 0 aliphatic carbocycles. The van der Waals surface area contributed by atoms with Gasteiger partial charge in [0.1, 0.15) is 5.82 Å². The molecule has 0 amide bonds. The summed E-state index contributed by atoms with van der Waals surface area (Å²) in [6.45, 7) is 4.38. The Balaban J connectivity index is 2.14. The van der Waals surface area contributed by atoms with Crippen LogP contribution in [0.5, 0.6) is 0 Å². The number of hydrogen-bond donors (Lipinski definition) is 0. The molecule has 0 unspecified atom stereocenters. The second-order valence-corrected chi connectivity index (χ2v) is 4.62. The molecule has 3 nitrogen and oxygen atoms in total. The van der Waals surface area contributed by atoms with E-state index in [9.17, 15) is 0 Å². The Morgan fingerprint density at radius 2 is 2.06 bits per heavy atom. The van der Waals surface area contributed by atoms with Gasteiger partial charge in [-0.3, -0.25) is 0 Å². The van der Waals surface area contributed by atoms with Crippen molar-refractivity contribution < 1.29 is 0 Å². The van der Waals surface area contributed by atoms with Gasteiger partial charge >= 0.3 is 0 Å². The number of rotatable bonds is 4. The number of aryl methyl sites for hydroxylation is 1. The van der Waals surface area contributed by atoms with Crippen molar-refractivity contribution in [1.82, 2.24) is 9.97 Å². The molecule has 2 heterocycles. The fourth-order valence-corrected chi connectivity index (χ4v) is 2.24. The molecule has 0 atom stereocenters. The second kappa shape index (κ2) is 5.48. The van der Waals surface area contributed by atoms with Crippen molar-refractivity contribution in [2.45, 2.75) is 39.0 Å². The van der Waals surface area contributed by atoms with Crippen molar-refractivity contribution >= 4 is 17.4 Å². The predicted octanol–water partition coefficient (Wildman–Crippen LogP) is 3.07. The van der Waals surface area contributed by atoms with E-state index in [2.05, 4.69) is 27.9 Å². The summed E-state index contributed by atoms with van der Waals surface area (Å²) in [7, 11) is 0. The van der Waals surface area contributed by atoms with Gasteiger partial charge in [-0.05, 0) is 37.3 Å². The Morgan fingerprint density at radius 1 is 1.31 bits per heavy atom. The molecule has 0 saturated carbocycles. The van der Waals surface area contributed by atoms with Crippen molar-refractivity contribution in [2.24, 2.45) is 0 Å². The number of aromatic nitrogens is 2. The molecule has 0 aromatic carbocycles. The highest BCUT2D eigenvalue weighted by molar-refractivity contribution is 6.28. The largest absolute Gasteiger partial charge is 0.356 e. The van der Waals surface area contributed by atoms with Crippen LogP contribution in [0.3, 0.4) is 0 Å². The summed E-state index contributed by atoms with van der Waals surface area (Å²) in [4.78, 5) is 10.9. The lowest BCUT2D eigenvalue weighted by Crippen LogP contribution is -2.19. The molecule has 1 aromatic heterocycles. The van der Waals surface area contributed by atoms with E-state index in [1.54, 1.807) is 0 Å². The number of unbranched alkanes of at least 4 members (excludes halogenated alkanes) is 1. The van der Waals surface area contributed by atoms with Crippen molar-refractivity contribution in [3.8, 4) is 0 Å². The maximum Gasteiger partial charge on any atom is 0.224 e. The molecule has 1 saturated heterocycles. The molecule has 0 spiro atoms. The molecule has 88 valence electrons. The van der Waals surface area contributed by atoms with Gasteiger partial charge < -0.3 is 4.90 Å². The van der Waals surface area contributed by atoms with Crippen LogP contribution < -0.4 is 4.90 Å². The average molecular weight is 240 g/mol. The van der Waals surface area contributed by atoms with Gasteiger partial charge in [-0.15, -0.1) is 0 Å². The lowest BCUT2D eigenvalue weighted by atomic mass is 10.2. The summed E-state index contributed by atoms with van der Waals surface area (Å²) in [6, 6.07) is 2.09. The summed E-state index contributed by atoms with van der Waals surface area (Å²) in [5.41, 5.74) is 1.07. The zero-order valence-corrected chi connectivity index (χ0v) is 10.5. The van der Waals surface area contributed by atoms with E-state index in [0.29, 0.717) is 5.28 Å². The Hall–Kier alpha value is -0.830. The second-order valence-electron chi connectivity index (χ2n) is 4.28. The molecule has 4 heteroatoms. The fourth-order valence-electron chi connectivity index (χ4n) is 2.05. The van der Waals surface area contributed by atoms with Crippen LogP contribution in [0.4, 0.5) is 5.82 Å². The molecule has 1 fully saturated rings. The van der Waals surface area contributed by atoms with Crippen molar-refractivity contribution in [1.29, 1.82) is 0 Å². The predicted molar refractivity (Wildman–Crippen MR) is 67.1 cm³/mol. The summed E-state index contributed by atoms with van der Waals surface area (Å²) >= 11 is 5.96. The van der Waals surface area contributed by atoms with Crippen molar-refractivity contribution in [3.05, 3.63) is 17.0 Å². The van der Waals surface area contributed by atoms with Gasteiger partial charge in [0.05, 0.1) is 0 Å². The molecule has 0 radical (unpaired) electrons. The van der Waals surface area contributed by atoms with Gasteiger partial charge in [-0.1, -0.05) is 13.3 Å². The minimum absolute atomic E-state index is 0.385. The van der Waals surface area contributed by atoms with Crippen LogP contribution in [-0.4, -0.2) is 23.1 Å². The molecule has 0 bridgehead atoms. The number of nitrogens with zero attached hydrogens (tertiary/aromatic N) is 3. The average Bonchev–Trinajstić information content (AvgIpc) is 2.79. The molecule has 2 rings (SSSR count). The lowest BCUT2D eigenvalue weighted by Gasteiger charge is -2.16. The van der Waals surface area contributed by atoms with E-state index >= 15 is 0 Å². The fraction of sp³-hybridized carbons (Fsp3) is 0.667. The quantitative estimate of drug-likeness (QED) is 0.757. The Bertz CT molecular complexity index is 348. The van der Waals surface area contributed by atoms with E-state index in [1.807, 2.05) is 0 Å². The maximum atomic E-state index is 5.96. The summed E-state index contributed by atoms with van der Waals surface area (Å²) in [5, 5.41) is 0.385. The first kappa shape index (κ1) is 11.6. The minimum Gasteiger partial charge on any atom is -0.356 e. The van der Waals surface area contributed by atoms with Crippen LogP contribution in [-0.2, 0) is 6.42 Å². The third-order valence-corrected chi connectivity index (χ3v) is 3.12. The Labute approximate surface area is 102 Å². The van der Waals surface area contributed by atoms with Gasteiger partial charge in [0, 0.05) is 24.8 Å². The van der Waals surface area contributed by atoms with E-state index < -0.39 is 0 Å². The normalized spacial score (nSPS) is 15.8. The summed E-state index contributed by atoms with van der Waals surface area (Å²) in [5.74, 6) is 1.00. The number of halogens is 1. The third-order valence-electron chi connectivity index (χ3n) is 2.95. The highest BCUT2D eigenvalue weighted by Gasteiger charge is 2.15. The maximum absolute atomic E-state index is 5.96. The Morgan fingerprint density at radius 3 is 2.75 bits per heavy atom. The Kier molecular flexibility index (Phi) is 3.99. The van der Waals surface area contributed by atoms with Gasteiger partial charge in [-0.2, -0.15) is 0 Å². The molecule has 1 aromatic rings. The summed E-state index contributed by atoms with van der Waals surface area (Å²) < 4.78 is 0. The van der Waals surface area contributed by atoms with Gasteiger partial charge in [0.25, 0.3) is 0 Å². The van der Waals surface area contributed by atoms with Crippen LogP contribution in [0.2, 0.25) is 5.28 Å². The highest BCUT2D eigenvalue weighted by atomic mass is 35.5. The molecule has 1 aliphatic heterocycles. The van der Waals surface area contributed by atoms with Crippen LogP contribution in [0.15, 0.2) is 6.07 Å². The standard InChI is InChI=1S/C12H18ClN3/c1-2-3-6-10-9-11(15-12(13)14-10)16-7-4-5-8-16/h9H,2-8H2,1H3. The van der Waals surface area contributed by atoms with Crippen LogP contribution in [0.25, 0.3) is 0 Å².